The van der Waals surface area contributed by atoms with Crippen molar-refractivity contribution in [2.45, 2.75) is 39.2 Å². The number of aryl methyl sites for hydroxylation is 1. The molecule has 0 saturated carbocycles. The first-order valence-electron chi connectivity index (χ1n) is 11.5. The molecule has 2 aromatic heterocycles. The Kier molecular flexibility index (Phi) is 6.53. The first kappa shape index (κ1) is 24.3. The van der Waals surface area contributed by atoms with E-state index in [9.17, 15) is 14.7 Å². The van der Waals surface area contributed by atoms with Crippen LogP contribution in [0.15, 0.2) is 34.9 Å². The molecule has 9 nitrogen and oxygen atoms in total. The van der Waals surface area contributed by atoms with Gasteiger partial charge in [0.15, 0.2) is 5.76 Å². The van der Waals surface area contributed by atoms with Gasteiger partial charge in [-0.25, -0.2) is 0 Å². The van der Waals surface area contributed by atoms with Gasteiger partial charge in [-0.05, 0) is 51.3 Å². The minimum Gasteiger partial charge on any atom is -0.460 e. The van der Waals surface area contributed by atoms with Crippen molar-refractivity contribution < 1.29 is 23.8 Å². The van der Waals surface area contributed by atoms with E-state index >= 15 is 0 Å². The van der Waals surface area contributed by atoms with Crippen LogP contribution in [0.1, 0.15) is 57.5 Å². The zero-order valence-electron chi connectivity index (χ0n) is 20.3. The second kappa shape index (κ2) is 9.42. The number of aromatic nitrogens is 1. The number of piperidine rings is 1. The molecule has 1 aromatic carbocycles. The SMILES string of the molecule is CNC(=O)c1c(C)oc2cc(O/C(=C/C=N)c3[nH]cc(C(=O)N4CCCC(C)(O)C4)c3C)ccc12. The Bertz CT molecular complexity index is 1330. The molecule has 1 aliphatic heterocycles. The molecule has 1 aliphatic rings. The summed E-state index contributed by atoms with van der Waals surface area (Å²) < 4.78 is 11.9. The summed E-state index contributed by atoms with van der Waals surface area (Å²) >= 11 is 0. The number of furan rings is 1. The summed E-state index contributed by atoms with van der Waals surface area (Å²) in [6.45, 7) is 6.17. The van der Waals surface area contributed by atoms with Crippen LogP contribution in [0, 0.1) is 19.3 Å². The number of benzene rings is 1. The number of ether oxygens (including phenoxy) is 1. The summed E-state index contributed by atoms with van der Waals surface area (Å²) in [5, 5.41) is 21.3. The van der Waals surface area contributed by atoms with E-state index in [0.717, 1.165) is 12.6 Å². The molecular formula is C26H30N4O5. The molecule has 3 heterocycles. The fourth-order valence-corrected chi connectivity index (χ4v) is 4.58. The molecule has 184 valence electrons. The van der Waals surface area contributed by atoms with E-state index in [4.69, 9.17) is 14.6 Å². The zero-order valence-corrected chi connectivity index (χ0v) is 20.3. The van der Waals surface area contributed by atoms with E-state index in [-0.39, 0.29) is 18.4 Å². The van der Waals surface area contributed by atoms with Gasteiger partial charge < -0.3 is 34.9 Å². The molecule has 0 bridgehead atoms. The number of aromatic amines is 1. The van der Waals surface area contributed by atoms with Crippen molar-refractivity contribution in [3.63, 3.8) is 0 Å². The lowest BCUT2D eigenvalue weighted by Crippen LogP contribution is -2.48. The first-order chi connectivity index (χ1) is 16.6. The van der Waals surface area contributed by atoms with Crippen molar-refractivity contribution in [1.82, 2.24) is 15.2 Å². The van der Waals surface area contributed by atoms with Crippen LogP contribution in [-0.2, 0) is 0 Å². The maximum Gasteiger partial charge on any atom is 0.255 e. The number of likely N-dealkylation sites (tertiary alicyclic amines) is 1. The third-order valence-electron chi connectivity index (χ3n) is 6.33. The van der Waals surface area contributed by atoms with Crippen molar-refractivity contribution in [2.24, 2.45) is 0 Å². The molecule has 4 N–H and O–H groups in total. The second-order valence-corrected chi connectivity index (χ2v) is 9.10. The Hall–Kier alpha value is -3.85. The Labute approximate surface area is 203 Å². The van der Waals surface area contributed by atoms with Crippen molar-refractivity contribution in [2.75, 3.05) is 20.1 Å². The van der Waals surface area contributed by atoms with Crippen LogP contribution in [0.3, 0.4) is 0 Å². The van der Waals surface area contributed by atoms with E-state index in [2.05, 4.69) is 10.3 Å². The van der Waals surface area contributed by atoms with Gasteiger partial charge >= 0.3 is 0 Å². The van der Waals surface area contributed by atoms with Crippen LogP contribution in [0.25, 0.3) is 16.7 Å². The van der Waals surface area contributed by atoms with Crippen LogP contribution in [-0.4, -0.2) is 58.8 Å². The average Bonchev–Trinajstić information content (AvgIpc) is 3.35. The molecular weight excluding hydrogens is 448 g/mol. The summed E-state index contributed by atoms with van der Waals surface area (Å²) in [5.41, 5.74) is 1.83. The number of amides is 2. The van der Waals surface area contributed by atoms with E-state index in [0.29, 0.717) is 63.6 Å². The number of nitrogens with zero attached hydrogens (tertiary/aromatic N) is 1. The lowest BCUT2D eigenvalue weighted by atomic mass is 9.94. The van der Waals surface area contributed by atoms with Crippen LogP contribution < -0.4 is 10.1 Å². The molecule has 1 atom stereocenters. The van der Waals surface area contributed by atoms with Gasteiger partial charge in [0.05, 0.1) is 22.4 Å². The Balaban J connectivity index is 1.62. The van der Waals surface area contributed by atoms with Crippen LogP contribution in [0.2, 0.25) is 0 Å². The first-order valence-corrected chi connectivity index (χ1v) is 11.5. The van der Waals surface area contributed by atoms with Crippen molar-refractivity contribution in [3.8, 4) is 5.75 Å². The molecule has 9 heteroatoms. The van der Waals surface area contributed by atoms with Gasteiger partial charge in [0.2, 0.25) is 0 Å². The van der Waals surface area contributed by atoms with Gasteiger partial charge in [-0.1, -0.05) is 0 Å². The van der Waals surface area contributed by atoms with Gasteiger partial charge in [-0.15, -0.1) is 0 Å². The molecule has 0 aliphatic carbocycles. The standard InChI is InChI=1S/C26H30N4O5/c1-15-19(25(32)30-11-5-9-26(3,33)14-30)13-29-23(15)20(8-10-27)35-17-6-7-18-21(12-17)34-16(2)22(18)24(31)28-4/h6-8,10,12-13,27,29,33H,5,9,11,14H2,1-4H3,(H,28,31)/b20-8+,27-10?. The lowest BCUT2D eigenvalue weighted by Gasteiger charge is -2.36. The number of carbonyl (C=O) groups is 2. The molecule has 0 radical (unpaired) electrons. The maximum atomic E-state index is 13.2. The smallest absolute Gasteiger partial charge is 0.255 e. The number of hydrogen-bond donors (Lipinski definition) is 4. The minimum absolute atomic E-state index is 0.159. The predicted octanol–water partition coefficient (Wildman–Crippen LogP) is 3.79. The van der Waals surface area contributed by atoms with Gasteiger partial charge in [-0.2, -0.15) is 0 Å². The van der Waals surface area contributed by atoms with Gasteiger partial charge in [0.1, 0.15) is 17.1 Å². The number of H-pyrrole nitrogens is 1. The molecule has 35 heavy (non-hydrogen) atoms. The summed E-state index contributed by atoms with van der Waals surface area (Å²) in [7, 11) is 1.57. The van der Waals surface area contributed by atoms with Crippen molar-refractivity contribution in [1.29, 1.82) is 5.41 Å². The highest BCUT2D eigenvalue weighted by Crippen LogP contribution is 2.32. The van der Waals surface area contributed by atoms with Gasteiger partial charge in [0.25, 0.3) is 11.8 Å². The van der Waals surface area contributed by atoms with Gasteiger partial charge in [-0.3, -0.25) is 9.59 Å². The third-order valence-corrected chi connectivity index (χ3v) is 6.33. The molecule has 1 unspecified atom stereocenters. The number of hydrogen-bond acceptors (Lipinski definition) is 6. The molecule has 1 fully saturated rings. The number of β-amino-alcohol motifs (C(OH)–C–C–N with tert-alkyl or cyclic N) is 1. The lowest BCUT2D eigenvalue weighted by molar-refractivity contribution is -0.0107. The number of fused-ring (bicyclic) bond motifs is 1. The van der Waals surface area contributed by atoms with E-state index in [1.54, 1.807) is 50.2 Å². The minimum atomic E-state index is -0.893. The average molecular weight is 479 g/mol. The van der Waals surface area contributed by atoms with Crippen molar-refractivity contribution in [3.05, 3.63) is 58.6 Å². The number of rotatable bonds is 6. The Morgan fingerprint density at radius 2 is 2.11 bits per heavy atom. The fourth-order valence-electron chi connectivity index (χ4n) is 4.58. The monoisotopic (exact) mass is 478 g/mol. The van der Waals surface area contributed by atoms with E-state index in [1.807, 2.05) is 6.92 Å². The highest BCUT2D eigenvalue weighted by Gasteiger charge is 2.32. The maximum absolute atomic E-state index is 13.2. The largest absolute Gasteiger partial charge is 0.460 e. The summed E-state index contributed by atoms with van der Waals surface area (Å²) in [4.78, 5) is 30.1. The van der Waals surface area contributed by atoms with E-state index in [1.165, 1.54) is 6.08 Å². The quantitative estimate of drug-likeness (QED) is 0.316. The molecule has 0 spiro atoms. The number of allylic oxidation sites excluding steroid dienone is 1. The molecule has 4 rings (SSSR count). The Morgan fingerprint density at radius 3 is 2.80 bits per heavy atom. The van der Waals surface area contributed by atoms with Crippen LogP contribution in [0.4, 0.5) is 0 Å². The predicted molar refractivity (Wildman–Crippen MR) is 133 cm³/mol. The second-order valence-electron chi connectivity index (χ2n) is 9.10. The summed E-state index contributed by atoms with van der Waals surface area (Å²) in [5.74, 6) is 0.932. The highest BCUT2D eigenvalue weighted by molar-refractivity contribution is 6.07. The van der Waals surface area contributed by atoms with Crippen molar-refractivity contribution >= 4 is 34.8 Å². The summed E-state index contributed by atoms with van der Waals surface area (Å²) in [6, 6.07) is 5.17. The topological polar surface area (TPSA) is 132 Å². The number of carbonyl (C=O) groups excluding carboxylic acids is 2. The van der Waals surface area contributed by atoms with Crippen LogP contribution in [0.5, 0.6) is 5.75 Å². The van der Waals surface area contributed by atoms with Gasteiger partial charge in [0, 0.05) is 50.1 Å². The highest BCUT2D eigenvalue weighted by atomic mass is 16.5. The molecule has 3 aromatic rings. The number of nitrogens with one attached hydrogen (secondary N) is 3. The molecule has 2 amide bonds. The number of aliphatic hydroxyl groups is 1. The Morgan fingerprint density at radius 1 is 1.34 bits per heavy atom. The molecule has 1 saturated heterocycles. The van der Waals surface area contributed by atoms with E-state index < -0.39 is 5.60 Å². The normalized spacial score (nSPS) is 18.5. The third kappa shape index (κ3) is 4.72. The summed E-state index contributed by atoms with van der Waals surface area (Å²) in [6.07, 6.45) is 5.64. The zero-order chi connectivity index (χ0) is 25.3. The fraction of sp³-hybridized carbons (Fsp3) is 0.346. The van der Waals surface area contributed by atoms with Crippen LogP contribution >= 0.6 is 0 Å².